The van der Waals surface area contributed by atoms with E-state index in [-0.39, 0.29) is 17.8 Å². The molecule has 74 valence electrons. The van der Waals surface area contributed by atoms with E-state index in [1.807, 2.05) is 0 Å². The van der Waals surface area contributed by atoms with Crippen LogP contribution in [0.2, 0.25) is 0 Å². The molecule has 0 aromatic heterocycles. The second-order valence-corrected chi connectivity index (χ2v) is 3.31. The lowest BCUT2D eigenvalue weighted by atomic mass is 10.1. The third-order valence-corrected chi connectivity index (χ3v) is 2.16. The lowest BCUT2D eigenvalue weighted by molar-refractivity contribution is -0.121. The van der Waals surface area contributed by atoms with Gasteiger partial charge in [-0.3, -0.25) is 4.79 Å². The number of amidine groups is 1. The summed E-state index contributed by atoms with van der Waals surface area (Å²) in [5.41, 5.74) is 5.35. The predicted molar refractivity (Wildman–Crippen MR) is 48.4 cm³/mol. The molecule has 1 aliphatic rings. The number of nitrogens with zero attached hydrogens (tertiary/aromatic N) is 1. The first-order chi connectivity index (χ1) is 6.22. The molecule has 1 atom stereocenters. The molecule has 1 aliphatic heterocycles. The first-order valence-electron chi connectivity index (χ1n) is 4.48. The van der Waals surface area contributed by atoms with Gasteiger partial charge >= 0.3 is 0 Å². The maximum absolute atomic E-state index is 11.1. The molecule has 13 heavy (non-hydrogen) atoms. The van der Waals surface area contributed by atoms with Crippen molar-refractivity contribution in [1.82, 2.24) is 5.32 Å². The average Bonchev–Trinajstić information content (AvgIpc) is 2.30. The molecule has 5 nitrogen and oxygen atoms in total. The predicted octanol–water partition coefficient (Wildman–Crippen LogP) is 0.182. The van der Waals surface area contributed by atoms with Crippen LogP contribution in [-0.2, 0) is 4.79 Å². The lowest BCUT2D eigenvalue weighted by Gasteiger charge is -2.14. The third kappa shape index (κ3) is 3.31. The van der Waals surface area contributed by atoms with E-state index in [2.05, 4.69) is 10.5 Å². The third-order valence-electron chi connectivity index (χ3n) is 2.16. The van der Waals surface area contributed by atoms with Gasteiger partial charge in [-0.25, -0.2) is 0 Å². The number of amides is 1. The Morgan fingerprint density at radius 1 is 1.69 bits per heavy atom. The van der Waals surface area contributed by atoms with Crippen molar-refractivity contribution in [3.05, 3.63) is 0 Å². The minimum Gasteiger partial charge on any atom is -0.409 e. The Bertz CT molecular complexity index is 215. The Morgan fingerprint density at radius 3 is 3.15 bits per heavy atom. The Morgan fingerprint density at radius 2 is 2.46 bits per heavy atom. The summed E-state index contributed by atoms with van der Waals surface area (Å²) in [7, 11) is 0. The number of hydrogen-bond donors (Lipinski definition) is 3. The SMILES string of the molecule is N/C(C[C@@H]1CCCCC(=O)N1)=N\O. The van der Waals surface area contributed by atoms with E-state index in [1.54, 1.807) is 0 Å². The number of hydrogen-bond acceptors (Lipinski definition) is 3. The van der Waals surface area contributed by atoms with Gasteiger partial charge in [0.05, 0.1) is 0 Å². The van der Waals surface area contributed by atoms with Crippen molar-refractivity contribution < 1.29 is 10.0 Å². The fourth-order valence-electron chi connectivity index (χ4n) is 1.49. The normalized spacial score (nSPS) is 25.1. The molecule has 0 aliphatic carbocycles. The Hall–Kier alpha value is -1.26. The maximum atomic E-state index is 11.1. The first kappa shape index (κ1) is 9.83. The summed E-state index contributed by atoms with van der Waals surface area (Å²) in [4.78, 5) is 11.1. The summed E-state index contributed by atoms with van der Waals surface area (Å²) in [5.74, 6) is 0.237. The number of carbonyl (C=O) groups excluding carboxylic acids is 1. The lowest BCUT2D eigenvalue weighted by Crippen LogP contribution is -2.36. The Labute approximate surface area is 77.0 Å². The van der Waals surface area contributed by atoms with Gasteiger partial charge in [0.25, 0.3) is 0 Å². The van der Waals surface area contributed by atoms with Gasteiger partial charge in [0.1, 0.15) is 5.84 Å². The van der Waals surface area contributed by atoms with Crippen molar-refractivity contribution in [1.29, 1.82) is 0 Å². The van der Waals surface area contributed by atoms with E-state index in [0.29, 0.717) is 12.8 Å². The van der Waals surface area contributed by atoms with Crippen LogP contribution in [-0.4, -0.2) is 23.0 Å². The molecule has 5 heteroatoms. The van der Waals surface area contributed by atoms with Crippen LogP contribution in [0, 0.1) is 0 Å². The fraction of sp³-hybridized carbons (Fsp3) is 0.750. The van der Waals surface area contributed by atoms with Crippen LogP contribution < -0.4 is 11.1 Å². The number of carbonyl (C=O) groups is 1. The molecule has 0 spiro atoms. The van der Waals surface area contributed by atoms with Crippen LogP contribution in [0.5, 0.6) is 0 Å². The standard InChI is InChI=1S/C8H15N3O2/c9-7(11-13)5-6-3-1-2-4-8(12)10-6/h6,13H,1-5H2,(H2,9,11)(H,10,12)/t6-/m0/s1. The maximum Gasteiger partial charge on any atom is 0.220 e. The molecule has 1 rings (SSSR count). The smallest absolute Gasteiger partial charge is 0.220 e. The Kier molecular flexibility index (Phi) is 3.54. The van der Waals surface area contributed by atoms with E-state index in [9.17, 15) is 4.79 Å². The minimum absolute atomic E-state index is 0.0332. The van der Waals surface area contributed by atoms with Gasteiger partial charge in [-0.2, -0.15) is 0 Å². The van der Waals surface area contributed by atoms with Crippen molar-refractivity contribution >= 4 is 11.7 Å². The molecule has 0 unspecified atom stereocenters. The zero-order chi connectivity index (χ0) is 9.68. The molecular formula is C8H15N3O2. The average molecular weight is 185 g/mol. The summed E-state index contributed by atoms with van der Waals surface area (Å²) < 4.78 is 0. The number of nitrogens with one attached hydrogen (secondary N) is 1. The Balaban J connectivity index is 2.43. The summed E-state index contributed by atoms with van der Waals surface area (Å²) in [6.45, 7) is 0. The van der Waals surface area contributed by atoms with Crippen LogP contribution >= 0.6 is 0 Å². The van der Waals surface area contributed by atoms with E-state index < -0.39 is 0 Å². The monoisotopic (exact) mass is 185 g/mol. The summed E-state index contributed by atoms with van der Waals surface area (Å²) in [6, 6.07) is 0.0332. The zero-order valence-electron chi connectivity index (χ0n) is 7.49. The number of nitrogens with two attached hydrogens (primary N) is 1. The minimum atomic E-state index is 0.0332. The highest BCUT2D eigenvalue weighted by Gasteiger charge is 2.17. The molecular weight excluding hydrogens is 170 g/mol. The van der Waals surface area contributed by atoms with Crippen LogP contribution in [0.1, 0.15) is 32.1 Å². The molecule has 0 bridgehead atoms. The summed E-state index contributed by atoms with van der Waals surface area (Å²) >= 11 is 0. The van der Waals surface area contributed by atoms with Crippen molar-refractivity contribution in [2.24, 2.45) is 10.9 Å². The molecule has 0 saturated carbocycles. The van der Waals surface area contributed by atoms with Crippen molar-refractivity contribution in [3.63, 3.8) is 0 Å². The highest BCUT2D eigenvalue weighted by molar-refractivity contribution is 5.82. The van der Waals surface area contributed by atoms with Crippen LogP contribution in [0.3, 0.4) is 0 Å². The molecule has 1 heterocycles. The largest absolute Gasteiger partial charge is 0.409 e. The summed E-state index contributed by atoms with van der Waals surface area (Å²) in [5, 5.41) is 14.1. The van der Waals surface area contributed by atoms with E-state index >= 15 is 0 Å². The summed E-state index contributed by atoms with van der Waals surface area (Å²) in [6.07, 6.45) is 3.87. The van der Waals surface area contributed by atoms with E-state index in [4.69, 9.17) is 10.9 Å². The van der Waals surface area contributed by atoms with Gasteiger partial charge in [0.15, 0.2) is 0 Å². The molecule has 1 saturated heterocycles. The first-order valence-corrected chi connectivity index (χ1v) is 4.48. The van der Waals surface area contributed by atoms with E-state index in [0.717, 1.165) is 19.3 Å². The van der Waals surface area contributed by atoms with Crippen molar-refractivity contribution in [2.45, 2.75) is 38.1 Å². The molecule has 0 aromatic rings. The number of oxime groups is 1. The topological polar surface area (TPSA) is 87.7 Å². The van der Waals surface area contributed by atoms with Crippen LogP contribution in [0.4, 0.5) is 0 Å². The quantitative estimate of drug-likeness (QED) is 0.248. The molecule has 0 aromatic carbocycles. The highest BCUT2D eigenvalue weighted by Crippen LogP contribution is 2.11. The molecule has 0 radical (unpaired) electrons. The van der Waals surface area contributed by atoms with Crippen molar-refractivity contribution in [2.75, 3.05) is 0 Å². The molecule has 4 N–H and O–H groups in total. The van der Waals surface area contributed by atoms with E-state index in [1.165, 1.54) is 0 Å². The number of rotatable bonds is 2. The van der Waals surface area contributed by atoms with Crippen molar-refractivity contribution in [3.8, 4) is 0 Å². The van der Waals surface area contributed by atoms with Crippen LogP contribution in [0.15, 0.2) is 5.16 Å². The zero-order valence-corrected chi connectivity index (χ0v) is 7.49. The highest BCUT2D eigenvalue weighted by atomic mass is 16.4. The van der Waals surface area contributed by atoms with Gasteiger partial charge in [0.2, 0.25) is 5.91 Å². The molecule has 1 amide bonds. The second kappa shape index (κ2) is 4.69. The van der Waals surface area contributed by atoms with Gasteiger partial charge < -0.3 is 16.3 Å². The van der Waals surface area contributed by atoms with Gasteiger partial charge in [0, 0.05) is 18.9 Å². The van der Waals surface area contributed by atoms with Gasteiger partial charge in [-0.05, 0) is 12.8 Å². The fourth-order valence-corrected chi connectivity index (χ4v) is 1.49. The second-order valence-electron chi connectivity index (χ2n) is 3.31. The van der Waals surface area contributed by atoms with Gasteiger partial charge in [-0.1, -0.05) is 11.6 Å². The van der Waals surface area contributed by atoms with Gasteiger partial charge in [-0.15, -0.1) is 0 Å². The molecule has 1 fully saturated rings. The van der Waals surface area contributed by atoms with Crippen LogP contribution in [0.25, 0.3) is 0 Å².